The van der Waals surface area contributed by atoms with Crippen LogP contribution in [-0.2, 0) is 14.3 Å². The van der Waals surface area contributed by atoms with Crippen LogP contribution in [0.4, 0.5) is 0 Å². The second-order valence-corrected chi connectivity index (χ2v) is 6.32. The van der Waals surface area contributed by atoms with Gasteiger partial charge in [-0.05, 0) is 43.9 Å². The van der Waals surface area contributed by atoms with Gasteiger partial charge in [-0.25, -0.2) is 0 Å². The van der Waals surface area contributed by atoms with Gasteiger partial charge in [-0.2, -0.15) is 0 Å². The number of nitrogens with zero attached hydrogens (tertiary/aromatic N) is 1. The van der Waals surface area contributed by atoms with Gasteiger partial charge in [-0.1, -0.05) is 6.92 Å². The normalized spacial score (nSPS) is 35.0. The highest BCUT2D eigenvalue weighted by Crippen LogP contribution is 2.35. The molecular weight excluding hydrogens is 256 g/mol. The van der Waals surface area contributed by atoms with Gasteiger partial charge >= 0.3 is 0 Å². The van der Waals surface area contributed by atoms with E-state index >= 15 is 0 Å². The molecule has 20 heavy (non-hydrogen) atoms. The first kappa shape index (κ1) is 13.9. The van der Waals surface area contributed by atoms with Gasteiger partial charge in [0.2, 0.25) is 11.8 Å². The zero-order valence-electron chi connectivity index (χ0n) is 12.1. The van der Waals surface area contributed by atoms with Crippen molar-refractivity contribution in [2.24, 2.45) is 11.8 Å². The van der Waals surface area contributed by atoms with Gasteiger partial charge in [-0.15, -0.1) is 0 Å². The zero-order valence-corrected chi connectivity index (χ0v) is 12.1. The highest BCUT2D eigenvalue weighted by Gasteiger charge is 2.46. The third-order valence-electron chi connectivity index (χ3n) is 4.72. The van der Waals surface area contributed by atoms with E-state index in [9.17, 15) is 9.59 Å². The molecular formula is C15H24N2O3. The molecule has 0 aromatic carbocycles. The van der Waals surface area contributed by atoms with Crippen LogP contribution >= 0.6 is 0 Å². The van der Waals surface area contributed by atoms with Gasteiger partial charge in [-0.3, -0.25) is 9.59 Å². The Kier molecular flexibility index (Phi) is 3.96. The summed E-state index contributed by atoms with van der Waals surface area (Å²) in [7, 11) is 0. The van der Waals surface area contributed by atoms with Crippen molar-refractivity contribution >= 4 is 11.8 Å². The number of hydrogen-bond donors (Lipinski definition) is 1. The summed E-state index contributed by atoms with van der Waals surface area (Å²) in [6.45, 7) is 4.19. The minimum Gasteiger partial charge on any atom is -0.381 e. The molecule has 0 radical (unpaired) electrons. The third kappa shape index (κ3) is 2.68. The molecule has 3 aliphatic rings. The molecule has 112 valence electrons. The molecule has 2 saturated heterocycles. The molecule has 1 aliphatic carbocycles. The lowest BCUT2D eigenvalue weighted by molar-refractivity contribution is -0.151. The van der Waals surface area contributed by atoms with E-state index in [0.29, 0.717) is 24.8 Å². The predicted octanol–water partition coefficient (Wildman–Crippen LogP) is 0.929. The largest absolute Gasteiger partial charge is 0.381 e. The fourth-order valence-electron chi connectivity index (χ4n) is 3.39. The predicted molar refractivity (Wildman–Crippen MR) is 74.0 cm³/mol. The Morgan fingerprint density at radius 1 is 1.30 bits per heavy atom. The van der Waals surface area contributed by atoms with E-state index in [0.717, 1.165) is 38.9 Å². The molecule has 0 aromatic rings. The van der Waals surface area contributed by atoms with Crippen LogP contribution < -0.4 is 5.32 Å². The van der Waals surface area contributed by atoms with Gasteiger partial charge in [0.1, 0.15) is 12.1 Å². The van der Waals surface area contributed by atoms with E-state index in [1.165, 1.54) is 0 Å². The Morgan fingerprint density at radius 3 is 2.70 bits per heavy atom. The summed E-state index contributed by atoms with van der Waals surface area (Å²) in [6.07, 6.45) is 4.96. The first-order chi connectivity index (χ1) is 9.70. The van der Waals surface area contributed by atoms with Crippen molar-refractivity contribution in [1.82, 2.24) is 10.2 Å². The highest BCUT2D eigenvalue weighted by atomic mass is 16.5. The molecule has 3 fully saturated rings. The van der Waals surface area contributed by atoms with Crippen LogP contribution in [0.5, 0.6) is 0 Å². The number of carbonyl (C=O) groups excluding carboxylic acids is 2. The average Bonchev–Trinajstić information content (AvgIpc) is 3.28. The quantitative estimate of drug-likeness (QED) is 0.833. The molecule has 5 nitrogen and oxygen atoms in total. The lowest BCUT2D eigenvalue weighted by atomic mass is 9.96. The third-order valence-corrected chi connectivity index (χ3v) is 4.72. The lowest BCUT2D eigenvalue weighted by Crippen LogP contribution is -2.64. The zero-order chi connectivity index (χ0) is 14.1. The topological polar surface area (TPSA) is 58.6 Å². The second-order valence-electron chi connectivity index (χ2n) is 6.32. The Bertz CT molecular complexity index is 389. The van der Waals surface area contributed by atoms with Gasteiger partial charge in [0.15, 0.2) is 0 Å². The van der Waals surface area contributed by atoms with E-state index in [4.69, 9.17) is 4.74 Å². The number of carbonyl (C=O) groups is 2. The van der Waals surface area contributed by atoms with Crippen molar-refractivity contribution < 1.29 is 14.3 Å². The maximum absolute atomic E-state index is 12.7. The number of hydrogen-bond acceptors (Lipinski definition) is 3. The summed E-state index contributed by atoms with van der Waals surface area (Å²) in [4.78, 5) is 26.7. The summed E-state index contributed by atoms with van der Waals surface area (Å²) >= 11 is 0. The SMILES string of the molecule is CCC1C(=O)NC(C2CC2)C(=O)N1CC1CCCOC1. The first-order valence-corrected chi connectivity index (χ1v) is 7.89. The van der Waals surface area contributed by atoms with Crippen LogP contribution in [0.1, 0.15) is 39.0 Å². The molecule has 1 saturated carbocycles. The van der Waals surface area contributed by atoms with Crippen LogP contribution in [0.2, 0.25) is 0 Å². The highest BCUT2D eigenvalue weighted by molar-refractivity contribution is 5.97. The average molecular weight is 280 g/mol. The molecule has 3 rings (SSSR count). The van der Waals surface area contributed by atoms with E-state index in [-0.39, 0.29) is 23.9 Å². The van der Waals surface area contributed by atoms with E-state index in [1.807, 2.05) is 11.8 Å². The Balaban J connectivity index is 1.71. The second kappa shape index (κ2) is 5.72. The van der Waals surface area contributed by atoms with Gasteiger partial charge in [0.05, 0.1) is 6.61 Å². The Hall–Kier alpha value is -1.10. The van der Waals surface area contributed by atoms with Gasteiger partial charge in [0.25, 0.3) is 0 Å². The smallest absolute Gasteiger partial charge is 0.246 e. The van der Waals surface area contributed by atoms with Crippen LogP contribution in [0.15, 0.2) is 0 Å². The Labute approximate surface area is 120 Å². The van der Waals surface area contributed by atoms with Gasteiger partial charge in [0, 0.05) is 13.2 Å². The molecule has 5 heteroatoms. The Morgan fingerprint density at radius 2 is 2.10 bits per heavy atom. The van der Waals surface area contributed by atoms with Crippen LogP contribution in [-0.4, -0.2) is 48.6 Å². The maximum Gasteiger partial charge on any atom is 0.246 e. The lowest BCUT2D eigenvalue weighted by Gasteiger charge is -2.41. The van der Waals surface area contributed by atoms with E-state index < -0.39 is 0 Å². The molecule has 0 spiro atoms. The maximum atomic E-state index is 12.7. The van der Waals surface area contributed by atoms with Crippen molar-refractivity contribution in [3.05, 3.63) is 0 Å². The molecule has 2 aliphatic heterocycles. The number of rotatable bonds is 4. The molecule has 2 heterocycles. The van der Waals surface area contributed by atoms with Crippen LogP contribution in [0.3, 0.4) is 0 Å². The molecule has 1 N–H and O–H groups in total. The number of piperazine rings is 1. The summed E-state index contributed by atoms with van der Waals surface area (Å²) in [6, 6.07) is -0.561. The van der Waals surface area contributed by atoms with Crippen molar-refractivity contribution in [3.63, 3.8) is 0 Å². The molecule has 3 atom stereocenters. The molecule has 0 bridgehead atoms. The van der Waals surface area contributed by atoms with Crippen molar-refractivity contribution in [3.8, 4) is 0 Å². The minimum absolute atomic E-state index is 0.0285. The fraction of sp³-hybridized carbons (Fsp3) is 0.867. The van der Waals surface area contributed by atoms with Crippen molar-refractivity contribution in [2.75, 3.05) is 19.8 Å². The van der Waals surface area contributed by atoms with Crippen molar-refractivity contribution in [2.45, 2.75) is 51.1 Å². The van der Waals surface area contributed by atoms with E-state index in [1.54, 1.807) is 0 Å². The minimum atomic E-state index is -0.292. The monoisotopic (exact) mass is 280 g/mol. The standard InChI is InChI=1S/C15H24N2O3/c1-2-12-14(18)16-13(11-5-6-11)15(19)17(12)8-10-4-3-7-20-9-10/h10-13H,2-9H2,1H3,(H,16,18). The number of amides is 2. The summed E-state index contributed by atoms with van der Waals surface area (Å²) < 4.78 is 5.50. The van der Waals surface area contributed by atoms with Crippen LogP contribution in [0, 0.1) is 11.8 Å². The number of nitrogens with one attached hydrogen (secondary N) is 1. The summed E-state index contributed by atoms with van der Waals surface area (Å²) in [5.41, 5.74) is 0. The van der Waals surface area contributed by atoms with E-state index in [2.05, 4.69) is 5.32 Å². The van der Waals surface area contributed by atoms with Crippen LogP contribution in [0.25, 0.3) is 0 Å². The van der Waals surface area contributed by atoms with Gasteiger partial charge < -0.3 is 15.0 Å². The summed E-state index contributed by atoms with van der Waals surface area (Å²) in [5, 5.41) is 2.93. The summed E-state index contributed by atoms with van der Waals surface area (Å²) in [5.74, 6) is 0.909. The molecule has 2 amide bonds. The number of ether oxygens (including phenoxy) is 1. The molecule has 0 aromatic heterocycles. The first-order valence-electron chi connectivity index (χ1n) is 7.89. The molecule has 3 unspecified atom stereocenters. The fourth-order valence-corrected chi connectivity index (χ4v) is 3.39. The van der Waals surface area contributed by atoms with Crippen molar-refractivity contribution in [1.29, 1.82) is 0 Å².